The van der Waals surface area contributed by atoms with Gasteiger partial charge in [-0.25, -0.2) is 0 Å². The highest BCUT2D eigenvalue weighted by Gasteiger charge is 2.34. The molecule has 1 saturated carbocycles. The quantitative estimate of drug-likeness (QED) is 0.816. The Morgan fingerprint density at radius 3 is 2.75 bits per heavy atom. The molecule has 4 nitrogen and oxygen atoms in total. The number of amidine groups is 1. The van der Waals surface area contributed by atoms with Crippen molar-refractivity contribution in [1.29, 1.82) is 0 Å². The van der Waals surface area contributed by atoms with Gasteiger partial charge in [-0.15, -0.1) is 0 Å². The van der Waals surface area contributed by atoms with Gasteiger partial charge in [0.05, 0.1) is 6.61 Å². The Kier molecular flexibility index (Phi) is 6.65. The van der Waals surface area contributed by atoms with E-state index < -0.39 is 0 Å². The maximum absolute atomic E-state index is 5.08. The zero-order valence-electron chi connectivity index (χ0n) is 13.0. The van der Waals surface area contributed by atoms with Crippen LogP contribution in [0.25, 0.3) is 0 Å². The fourth-order valence-corrected chi connectivity index (χ4v) is 4.16. The lowest BCUT2D eigenvalue weighted by molar-refractivity contribution is 0.162. The average molecular weight is 299 g/mol. The van der Waals surface area contributed by atoms with Gasteiger partial charge in [-0.1, -0.05) is 31.0 Å². The van der Waals surface area contributed by atoms with Crippen LogP contribution in [0.4, 0.5) is 0 Å². The molecule has 0 bridgehead atoms. The molecule has 116 valence electrons. The fraction of sp³-hybridized carbons (Fsp3) is 0.933. The zero-order valence-corrected chi connectivity index (χ0v) is 13.8. The Hall–Kier alpha value is -0.260. The van der Waals surface area contributed by atoms with Gasteiger partial charge >= 0.3 is 0 Å². The lowest BCUT2D eigenvalue weighted by Gasteiger charge is -2.38. The Morgan fingerprint density at radius 1 is 1.30 bits per heavy atom. The molecule has 0 saturated heterocycles. The largest absolute Gasteiger partial charge is 0.383 e. The minimum Gasteiger partial charge on any atom is -0.383 e. The molecule has 1 N–H and O–H groups in total. The second kappa shape index (κ2) is 8.25. The third-order valence-electron chi connectivity index (χ3n) is 4.43. The smallest absolute Gasteiger partial charge is 0.156 e. The predicted molar refractivity (Wildman–Crippen MR) is 87.7 cm³/mol. The van der Waals surface area contributed by atoms with Gasteiger partial charge < -0.3 is 15.0 Å². The molecule has 0 unspecified atom stereocenters. The van der Waals surface area contributed by atoms with Crippen LogP contribution in [0, 0.1) is 5.41 Å². The summed E-state index contributed by atoms with van der Waals surface area (Å²) in [6.07, 6.45) is 7.01. The van der Waals surface area contributed by atoms with E-state index in [1.165, 1.54) is 37.9 Å². The summed E-state index contributed by atoms with van der Waals surface area (Å²) in [7, 11) is 3.88. The van der Waals surface area contributed by atoms with Crippen LogP contribution in [0.15, 0.2) is 4.99 Å². The summed E-state index contributed by atoms with van der Waals surface area (Å²) in [4.78, 5) is 7.08. The van der Waals surface area contributed by atoms with Crippen molar-refractivity contribution in [3.8, 4) is 0 Å². The van der Waals surface area contributed by atoms with Crippen LogP contribution in [-0.4, -0.2) is 62.8 Å². The van der Waals surface area contributed by atoms with Gasteiger partial charge in [0.25, 0.3) is 0 Å². The Bertz CT molecular complexity index is 316. The normalized spacial score (nSPS) is 22.1. The number of aliphatic imine (C=N–C) groups is 1. The summed E-state index contributed by atoms with van der Waals surface area (Å²) in [6, 6.07) is 0. The molecule has 1 fully saturated rings. The van der Waals surface area contributed by atoms with Gasteiger partial charge in [-0.3, -0.25) is 4.99 Å². The molecule has 0 atom stereocenters. The van der Waals surface area contributed by atoms with Gasteiger partial charge in [0.2, 0.25) is 0 Å². The number of nitrogens with zero attached hydrogens (tertiary/aromatic N) is 2. The lowest BCUT2D eigenvalue weighted by Crippen LogP contribution is -2.39. The predicted octanol–water partition coefficient (Wildman–Crippen LogP) is 2.21. The van der Waals surface area contributed by atoms with Crippen molar-refractivity contribution in [1.82, 2.24) is 10.2 Å². The van der Waals surface area contributed by atoms with E-state index >= 15 is 0 Å². The topological polar surface area (TPSA) is 36.9 Å². The van der Waals surface area contributed by atoms with Crippen molar-refractivity contribution in [3.63, 3.8) is 0 Å². The summed E-state index contributed by atoms with van der Waals surface area (Å²) in [5.74, 6) is 1.26. The number of hydrogen-bond donors (Lipinski definition) is 1. The maximum atomic E-state index is 5.08. The van der Waals surface area contributed by atoms with Crippen LogP contribution < -0.4 is 5.32 Å². The van der Waals surface area contributed by atoms with E-state index in [2.05, 4.69) is 17.3 Å². The van der Waals surface area contributed by atoms with E-state index in [-0.39, 0.29) is 0 Å². The standard InChI is InChI=1S/C15H29N3OS/c1-18(10-11-19-2)9-8-16-14-17-12-15(13-20-14)6-4-3-5-7-15/h3-13H2,1-2H3,(H,16,17). The van der Waals surface area contributed by atoms with Gasteiger partial charge in [0.15, 0.2) is 5.17 Å². The maximum Gasteiger partial charge on any atom is 0.156 e. The molecule has 0 aromatic rings. The lowest BCUT2D eigenvalue weighted by atomic mass is 9.75. The third kappa shape index (κ3) is 4.93. The Morgan fingerprint density at radius 2 is 2.10 bits per heavy atom. The van der Waals surface area contributed by atoms with Crippen LogP contribution in [-0.2, 0) is 4.74 Å². The molecular weight excluding hydrogens is 270 g/mol. The first-order chi connectivity index (χ1) is 9.74. The second-order valence-electron chi connectivity index (χ2n) is 6.19. The van der Waals surface area contributed by atoms with Crippen LogP contribution in [0.3, 0.4) is 0 Å². The number of thioether (sulfide) groups is 1. The van der Waals surface area contributed by atoms with Crippen LogP contribution in [0.5, 0.6) is 0 Å². The van der Waals surface area contributed by atoms with Crippen molar-refractivity contribution >= 4 is 16.9 Å². The molecule has 0 aromatic carbocycles. The number of likely N-dealkylation sites (N-methyl/N-ethyl adjacent to an activating group) is 1. The van der Waals surface area contributed by atoms with E-state index in [9.17, 15) is 0 Å². The summed E-state index contributed by atoms with van der Waals surface area (Å²) in [6.45, 7) is 4.84. The number of ether oxygens (including phenoxy) is 1. The molecule has 5 heteroatoms. The number of nitrogens with one attached hydrogen (secondary N) is 1. The average Bonchev–Trinajstić information content (AvgIpc) is 2.48. The minimum absolute atomic E-state index is 0.531. The van der Waals surface area contributed by atoms with E-state index in [0.717, 1.165) is 38.0 Å². The number of methoxy groups -OCH3 is 1. The van der Waals surface area contributed by atoms with E-state index in [1.807, 2.05) is 11.8 Å². The highest BCUT2D eigenvalue weighted by Crippen LogP contribution is 2.41. The molecule has 0 aromatic heterocycles. The number of hydrogen-bond acceptors (Lipinski definition) is 5. The first kappa shape index (κ1) is 16.1. The summed E-state index contributed by atoms with van der Waals surface area (Å²) in [5, 5.41) is 4.64. The first-order valence-corrected chi connectivity index (χ1v) is 8.81. The van der Waals surface area contributed by atoms with Gasteiger partial charge in [-0.2, -0.15) is 0 Å². The summed E-state index contributed by atoms with van der Waals surface area (Å²) >= 11 is 1.93. The molecule has 20 heavy (non-hydrogen) atoms. The van der Waals surface area contributed by atoms with E-state index in [4.69, 9.17) is 9.73 Å². The molecule has 2 aliphatic rings. The highest BCUT2D eigenvalue weighted by atomic mass is 32.2. The van der Waals surface area contributed by atoms with Crippen molar-refractivity contribution in [2.75, 3.05) is 52.7 Å². The van der Waals surface area contributed by atoms with E-state index in [1.54, 1.807) is 7.11 Å². The molecule has 1 aliphatic heterocycles. The zero-order chi connectivity index (χ0) is 14.3. The highest BCUT2D eigenvalue weighted by molar-refractivity contribution is 8.13. The molecule has 0 radical (unpaired) electrons. The Labute approximate surface area is 127 Å². The van der Waals surface area contributed by atoms with Gasteiger partial charge in [0.1, 0.15) is 0 Å². The third-order valence-corrected chi connectivity index (χ3v) is 5.74. The molecule has 1 aliphatic carbocycles. The molecule has 2 rings (SSSR count). The van der Waals surface area contributed by atoms with Crippen molar-refractivity contribution in [2.24, 2.45) is 10.4 Å². The van der Waals surface area contributed by atoms with Crippen LogP contribution in [0.1, 0.15) is 32.1 Å². The van der Waals surface area contributed by atoms with Gasteiger partial charge in [0, 0.05) is 39.0 Å². The van der Waals surface area contributed by atoms with Crippen molar-refractivity contribution in [2.45, 2.75) is 32.1 Å². The SMILES string of the molecule is COCCN(C)CCNC1=NCC2(CCCCC2)CS1. The molecular formula is C15H29N3OS. The summed E-state index contributed by atoms with van der Waals surface area (Å²) in [5.41, 5.74) is 0.531. The first-order valence-electron chi connectivity index (χ1n) is 7.83. The number of rotatable bonds is 6. The van der Waals surface area contributed by atoms with Crippen molar-refractivity contribution in [3.05, 3.63) is 0 Å². The minimum atomic E-state index is 0.531. The molecule has 1 heterocycles. The Balaban J connectivity index is 1.65. The van der Waals surface area contributed by atoms with Crippen LogP contribution >= 0.6 is 11.8 Å². The van der Waals surface area contributed by atoms with E-state index in [0.29, 0.717) is 5.41 Å². The molecule has 1 spiro atoms. The van der Waals surface area contributed by atoms with Gasteiger partial charge in [-0.05, 0) is 25.3 Å². The molecule has 0 amide bonds. The van der Waals surface area contributed by atoms with Crippen LogP contribution in [0.2, 0.25) is 0 Å². The fourth-order valence-electron chi connectivity index (χ4n) is 2.98. The monoisotopic (exact) mass is 299 g/mol. The second-order valence-corrected chi connectivity index (χ2v) is 7.16. The van der Waals surface area contributed by atoms with Crippen molar-refractivity contribution < 1.29 is 4.74 Å². The summed E-state index contributed by atoms with van der Waals surface area (Å²) < 4.78 is 5.08.